The van der Waals surface area contributed by atoms with Crippen LogP contribution in [0, 0.1) is 6.92 Å². The number of aromatic nitrogens is 2. The number of hydrogen-bond donors (Lipinski definition) is 2. The Morgan fingerprint density at radius 1 is 1.09 bits per heavy atom. The number of anilines is 1. The summed E-state index contributed by atoms with van der Waals surface area (Å²) in [6.45, 7) is 2.66. The van der Waals surface area contributed by atoms with Gasteiger partial charge < -0.3 is 11.1 Å². The highest BCUT2D eigenvalue weighted by Gasteiger charge is 2.04. The Morgan fingerprint density at radius 3 is 2.52 bits per heavy atom. The Balaban J connectivity index is 1.84. The van der Waals surface area contributed by atoms with Gasteiger partial charge in [-0.3, -0.25) is 4.79 Å². The standard InChI is InChI=1S/C18H24N4O/c1-14-11-13-20-18(21-14)15-7-9-16(10-8-15)22-17(23)6-4-2-3-5-12-19/h7-11,13H,2-6,12,19H2,1H3,(H,22,23). The average molecular weight is 312 g/mol. The lowest BCUT2D eigenvalue weighted by molar-refractivity contribution is -0.116. The maximum atomic E-state index is 11.9. The van der Waals surface area contributed by atoms with Gasteiger partial charge in [-0.25, -0.2) is 9.97 Å². The lowest BCUT2D eigenvalue weighted by Crippen LogP contribution is -2.11. The molecule has 2 aromatic rings. The fraction of sp³-hybridized carbons (Fsp3) is 0.389. The molecule has 5 heteroatoms. The topological polar surface area (TPSA) is 80.9 Å². The van der Waals surface area contributed by atoms with Gasteiger partial charge in [0, 0.05) is 29.6 Å². The number of aryl methyl sites for hydroxylation is 1. The number of unbranched alkanes of at least 4 members (excludes halogenated alkanes) is 3. The Hall–Kier alpha value is -2.27. The van der Waals surface area contributed by atoms with E-state index < -0.39 is 0 Å². The first kappa shape index (κ1) is 17.1. The van der Waals surface area contributed by atoms with Crippen molar-refractivity contribution in [3.05, 3.63) is 42.2 Å². The van der Waals surface area contributed by atoms with Crippen molar-refractivity contribution in [2.24, 2.45) is 5.73 Å². The van der Waals surface area contributed by atoms with Gasteiger partial charge in [0.05, 0.1) is 0 Å². The molecule has 0 fully saturated rings. The van der Waals surface area contributed by atoms with Gasteiger partial charge in [0.2, 0.25) is 5.91 Å². The number of nitrogens with two attached hydrogens (primary N) is 1. The minimum Gasteiger partial charge on any atom is -0.330 e. The molecule has 2 rings (SSSR count). The summed E-state index contributed by atoms with van der Waals surface area (Å²) in [5, 5.41) is 2.92. The second-order valence-electron chi connectivity index (χ2n) is 5.60. The summed E-state index contributed by atoms with van der Waals surface area (Å²) in [6.07, 6.45) is 6.37. The molecule has 0 spiro atoms. The van der Waals surface area contributed by atoms with E-state index in [9.17, 15) is 4.79 Å². The van der Waals surface area contributed by atoms with Gasteiger partial charge >= 0.3 is 0 Å². The quantitative estimate of drug-likeness (QED) is 0.733. The minimum atomic E-state index is 0.0531. The molecule has 5 nitrogen and oxygen atoms in total. The number of hydrogen-bond acceptors (Lipinski definition) is 4. The number of nitrogens with zero attached hydrogens (tertiary/aromatic N) is 2. The molecule has 0 radical (unpaired) electrons. The molecule has 0 aliphatic rings. The van der Waals surface area contributed by atoms with Crippen LogP contribution in [0.2, 0.25) is 0 Å². The van der Waals surface area contributed by atoms with Gasteiger partial charge in [0.1, 0.15) is 0 Å². The Morgan fingerprint density at radius 2 is 1.83 bits per heavy atom. The SMILES string of the molecule is Cc1ccnc(-c2ccc(NC(=O)CCCCCCN)cc2)n1. The van der Waals surface area contributed by atoms with Crippen LogP contribution in [0.15, 0.2) is 36.5 Å². The summed E-state index contributed by atoms with van der Waals surface area (Å²) in [4.78, 5) is 20.5. The van der Waals surface area contributed by atoms with E-state index in [4.69, 9.17) is 5.73 Å². The summed E-state index contributed by atoms with van der Waals surface area (Å²) in [6, 6.07) is 9.48. The monoisotopic (exact) mass is 312 g/mol. The van der Waals surface area contributed by atoms with Crippen molar-refractivity contribution in [2.75, 3.05) is 11.9 Å². The minimum absolute atomic E-state index is 0.0531. The van der Waals surface area contributed by atoms with Crippen LogP contribution < -0.4 is 11.1 Å². The van der Waals surface area contributed by atoms with Crippen LogP contribution in [-0.4, -0.2) is 22.4 Å². The van der Waals surface area contributed by atoms with E-state index in [2.05, 4.69) is 15.3 Å². The van der Waals surface area contributed by atoms with Crippen LogP contribution in [0.3, 0.4) is 0 Å². The fourth-order valence-electron chi connectivity index (χ4n) is 2.30. The molecule has 3 N–H and O–H groups in total. The average Bonchev–Trinajstić information content (AvgIpc) is 2.55. The molecule has 0 saturated carbocycles. The predicted octanol–water partition coefficient (Wildman–Crippen LogP) is 3.30. The Labute approximate surface area is 137 Å². The smallest absolute Gasteiger partial charge is 0.224 e. The van der Waals surface area contributed by atoms with Crippen molar-refractivity contribution < 1.29 is 4.79 Å². The molecule has 0 aliphatic heterocycles. The number of carbonyl (C=O) groups excluding carboxylic acids is 1. The maximum Gasteiger partial charge on any atom is 0.224 e. The third kappa shape index (κ3) is 5.79. The molecule has 1 aromatic carbocycles. The van der Waals surface area contributed by atoms with Gasteiger partial charge in [-0.1, -0.05) is 12.8 Å². The summed E-state index contributed by atoms with van der Waals surface area (Å²) in [5.74, 6) is 0.750. The molecule has 122 valence electrons. The van der Waals surface area contributed by atoms with E-state index in [1.54, 1.807) is 6.20 Å². The first-order chi connectivity index (χ1) is 11.2. The van der Waals surface area contributed by atoms with Crippen LogP contribution in [0.5, 0.6) is 0 Å². The fourth-order valence-corrected chi connectivity index (χ4v) is 2.30. The van der Waals surface area contributed by atoms with E-state index in [-0.39, 0.29) is 5.91 Å². The highest BCUT2D eigenvalue weighted by molar-refractivity contribution is 5.90. The van der Waals surface area contributed by atoms with Crippen molar-refractivity contribution in [2.45, 2.75) is 39.0 Å². The number of amides is 1. The third-order valence-corrected chi connectivity index (χ3v) is 3.58. The highest BCUT2D eigenvalue weighted by Crippen LogP contribution is 2.18. The molecular formula is C18H24N4O. The van der Waals surface area contributed by atoms with Gasteiger partial charge in [-0.15, -0.1) is 0 Å². The molecule has 1 heterocycles. The van der Waals surface area contributed by atoms with E-state index >= 15 is 0 Å². The molecule has 0 saturated heterocycles. The van der Waals surface area contributed by atoms with Gasteiger partial charge in [-0.05, 0) is 56.6 Å². The summed E-state index contributed by atoms with van der Waals surface area (Å²) in [5.41, 5.74) is 8.12. The predicted molar refractivity (Wildman–Crippen MR) is 93.0 cm³/mol. The van der Waals surface area contributed by atoms with Crippen LogP contribution in [-0.2, 0) is 4.79 Å². The Bertz CT molecular complexity index is 625. The van der Waals surface area contributed by atoms with E-state index in [1.807, 2.05) is 37.3 Å². The van der Waals surface area contributed by atoms with Crippen molar-refractivity contribution in [3.63, 3.8) is 0 Å². The van der Waals surface area contributed by atoms with Crippen LogP contribution in [0.4, 0.5) is 5.69 Å². The van der Waals surface area contributed by atoms with E-state index in [0.29, 0.717) is 12.2 Å². The van der Waals surface area contributed by atoms with Crippen molar-refractivity contribution in [3.8, 4) is 11.4 Å². The maximum absolute atomic E-state index is 11.9. The summed E-state index contributed by atoms with van der Waals surface area (Å²) in [7, 11) is 0. The number of carbonyl (C=O) groups is 1. The zero-order valence-corrected chi connectivity index (χ0v) is 13.6. The molecule has 0 unspecified atom stereocenters. The van der Waals surface area contributed by atoms with Crippen molar-refractivity contribution in [1.29, 1.82) is 0 Å². The highest BCUT2D eigenvalue weighted by atomic mass is 16.1. The number of nitrogens with one attached hydrogen (secondary N) is 1. The lowest BCUT2D eigenvalue weighted by atomic mass is 10.1. The zero-order valence-electron chi connectivity index (χ0n) is 13.6. The van der Waals surface area contributed by atoms with Crippen LogP contribution >= 0.6 is 0 Å². The summed E-state index contributed by atoms with van der Waals surface area (Å²) < 4.78 is 0. The lowest BCUT2D eigenvalue weighted by Gasteiger charge is -2.06. The molecular weight excluding hydrogens is 288 g/mol. The van der Waals surface area contributed by atoms with Gasteiger partial charge in [-0.2, -0.15) is 0 Å². The third-order valence-electron chi connectivity index (χ3n) is 3.58. The molecule has 0 bridgehead atoms. The first-order valence-electron chi connectivity index (χ1n) is 8.09. The van der Waals surface area contributed by atoms with Crippen LogP contribution in [0.25, 0.3) is 11.4 Å². The van der Waals surface area contributed by atoms with Gasteiger partial charge in [0.25, 0.3) is 0 Å². The van der Waals surface area contributed by atoms with E-state index in [1.165, 1.54) is 0 Å². The van der Waals surface area contributed by atoms with E-state index in [0.717, 1.165) is 49.2 Å². The largest absolute Gasteiger partial charge is 0.330 e. The molecule has 23 heavy (non-hydrogen) atoms. The Kier molecular flexibility index (Phi) is 6.69. The number of rotatable bonds is 8. The molecule has 1 amide bonds. The zero-order chi connectivity index (χ0) is 16.5. The number of benzene rings is 1. The summed E-state index contributed by atoms with van der Waals surface area (Å²) >= 11 is 0. The van der Waals surface area contributed by atoms with Crippen molar-refractivity contribution >= 4 is 11.6 Å². The molecule has 0 aliphatic carbocycles. The van der Waals surface area contributed by atoms with Gasteiger partial charge in [0.15, 0.2) is 5.82 Å². The second-order valence-corrected chi connectivity index (χ2v) is 5.60. The van der Waals surface area contributed by atoms with Crippen molar-refractivity contribution in [1.82, 2.24) is 9.97 Å². The second kappa shape index (κ2) is 9.00. The molecule has 0 atom stereocenters. The first-order valence-corrected chi connectivity index (χ1v) is 8.09. The van der Waals surface area contributed by atoms with Crippen LogP contribution in [0.1, 0.15) is 37.8 Å². The normalized spacial score (nSPS) is 10.5. The molecule has 1 aromatic heterocycles.